The number of rotatable bonds is 0. The third-order valence-electron chi connectivity index (χ3n) is 2.81. The molecular weight excluding hydrogens is 190 g/mol. The van der Waals surface area contributed by atoms with Crippen LogP contribution in [0.25, 0.3) is 10.9 Å². The fourth-order valence-electron chi connectivity index (χ4n) is 2.10. The van der Waals surface area contributed by atoms with Gasteiger partial charge in [0.25, 0.3) is 0 Å². The van der Waals surface area contributed by atoms with Gasteiger partial charge in [0, 0.05) is 10.9 Å². The number of hydrogen-bond donors (Lipinski definition) is 0. The SMILES string of the molecule is Cc1ccc2c(c1)cc1n2CCOC1=O. The molecule has 1 aliphatic heterocycles. The van der Waals surface area contributed by atoms with Crippen molar-refractivity contribution in [3.8, 4) is 0 Å². The van der Waals surface area contributed by atoms with Crippen LogP contribution in [0.5, 0.6) is 0 Å². The van der Waals surface area contributed by atoms with E-state index >= 15 is 0 Å². The topological polar surface area (TPSA) is 31.2 Å². The van der Waals surface area contributed by atoms with E-state index in [1.54, 1.807) is 0 Å². The van der Waals surface area contributed by atoms with Crippen molar-refractivity contribution in [3.63, 3.8) is 0 Å². The third-order valence-corrected chi connectivity index (χ3v) is 2.81. The number of nitrogens with zero attached hydrogens (tertiary/aromatic N) is 1. The molecule has 0 spiro atoms. The summed E-state index contributed by atoms with van der Waals surface area (Å²) in [5, 5.41) is 1.11. The Morgan fingerprint density at radius 1 is 1.33 bits per heavy atom. The lowest BCUT2D eigenvalue weighted by Gasteiger charge is -2.15. The lowest BCUT2D eigenvalue weighted by atomic mass is 10.2. The van der Waals surface area contributed by atoms with E-state index in [-0.39, 0.29) is 5.97 Å². The molecule has 0 saturated heterocycles. The quantitative estimate of drug-likeness (QED) is 0.611. The Morgan fingerprint density at radius 3 is 3.07 bits per heavy atom. The van der Waals surface area contributed by atoms with Gasteiger partial charge in [-0.1, -0.05) is 11.6 Å². The summed E-state index contributed by atoms with van der Waals surface area (Å²) in [6.45, 7) is 3.28. The van der Waals surface area contributed by atoms with Crippen molar-refractivity contribution in [1.29, 1.82) is 0 Å². The molecular formula is C12H11NO2. The molecule has 2 aromatic rings. The Morgan fingerprint density at radius 2 is 2.20 bits per heavy atom. The smallest absolute Gasteiger partial charge is 0.355 e. The number of carbonyl (C=O) groups excluding carboxylic acids is 1. The Kier molecular flexibility index (Phi) is 1.63. The van der Waals surface area contributed by atoms with Crippen LogP contribution in [0, 0.1) is 6.92 Å². The lowest BCUT2D eigenvalue weighted by Crippen LogP contribution is -2.22. The number of ether oxygens (including phenoxy) is 1. The molecule has 1 aliphatic rings. The van der Waals surface area contributed by atoms with Crippen LogP contribution < -0.4 is 0 Å². The van der Waals surface area contributed by atoms with Gasteiger partial charge in [0.05, 0.1) is 6.54 Å². The molecule has 3 rings (SSSR count). The van der Waals surface area contributed by atoms with Crippen LogP contribution in [0.15, 0.2) is 24.3 Å². The lowest BCUT2D eigenvalue weighted by molar-refractivity contribution is 0.0426. The molecule has 76 valence electrons. The van der Waals surface area contributed by atoms with Crippen molar-refractivity contribution < 1.29 is 9.53 Å². The average molecular weight is 201 g/mol. The summed E-state index contributed by atoms with van der Waals surface area (Å²) in [7, 11) is 0. The van der Waals surface area contributed by atoms with Gasteiger partial charge in [-0.05, 0) is 25.1 Å². The Labute approximate surface area is 87.3 Å². The van der Waals surface area contributed by atoms with Crippen molar-refractivity contribution in [2.24, 2.45) is 0 Å². The van der Waals surface area contributed by atoms with Gasteiger partial charge in [-0.15, -0.1) is 0 Å². The predicted molar refractivity (Wildman–Crippen MR) is 57.0 cm³/mol. The van der Waals surface area contributed by atoms with Crippen LogP contribution in [0.2, 0.25) is 0 Å². The van der Waals surface area contributed by atoms with E-state index in [1.807, 2.05) is 10.6 Å². The first kappa shape index (κ1) is 8.53. The highest BCUT2D eigenvalue weighted by molar-refractivity contribution is 5.96. The van der Waals surface area contributed by atoms with Crippen LogP contribution in [-0.2, 0) is 11.3 Å². The maximum absolute atomic E-state index is 11.5. The molecule has 1 aromatic heterocycles. The van der Waals surface area contributed by atoms with Crippen LogP contribution in [0.1, 0.15) is 16.1 Å². The van der Waals surface area contributed by atoms with Crippen LogP contribution in [0.4, 0.5) is 0 Å². The second-order valence-electron chi connectivity index (χ2n) is 3.88. The van der Waals surface area contributed by atoms with Crippen LogP contribution in [-0.4, -0.2) is 17.1 Å². The van der Waals surface area contributed by atoms with E-state index in [0.717, 1.165) is 17.4 Å². The summed E-state index contributed by atoms with van der Waals surface area (Å²) in [6.07, 6.45) is 0. The maximum atomic E-state index is 11.5. The molecule has 0 bridgehead atoms. The van der Waals surface area contributed by atoms with Gasteiger partial charge in [-0.25, -0.2) is 4.79 Å². The number of fused-ring (bicyclic) bond motifs is 3. The van der Waals surface area contributed by atoms with Gasteiger partial charge in [0.1, 0.15) is 12.3 Å². The zero-order valence-electron chi connectivity index (χ0n) is 8.49. The number of hydrogen-bond acceptors (Lipinski definition) is 2. The molecule has 0 amide bonds. The molecule has 2 heterocycles. The number of cyclic esters (lactones) is 1. The maximum Gasteiger partial charge on any atom is 0.355 e. The van der Waals surface area contributed by atoms with Crippen molar-refractivity contribution >= 4 is 16.9 Å². The molecule has 3 heteroatoms. The molecule has 0 radical (unpaired) electrons. The van der Waals surface area contributed by atoms with Gasteiger partial charge in [0.2, 0.25) is 0 Å². The van der Waals surface area contributed by atoms with Gasteiger partial charge >= 0.3 is 5.97 Å². The second-order valence-corrected chi connectivity index (χ2v) is 3.88. The van der Waals surface area contributed by atoms with E-state index in [1.165, 1.54) is 5.56 Å². The van der Waals surface area contributed by atoms with E-state index in [2.05, 4.69) is 25.1 Å². The largest absolute Gasteiger partial charge is 0.459 e. The predicted octanol–water partition coefficient (Wildman–Crippen LogP) is 2.12. The summed E-state index contributed by atoms with van der Waals surface area (Å²) in [6, 6.07) is 8.13. The second kappa shape index (κ2) is 2.86. The molecule has 15 heavy (non-hydrogen) atoms. The van der Waals surface area contributed by atoms with Crippen molar-refractivity contribution in [1.82, 2.24) is 4.57 Å². The van der Waals surface area contributed by atoms with Crippen molar-refractivity contribution in [3.05, 3.63) is 35.5 Å². The monoisotopic (exact) mass is 201 g/mol. The molecule has 0 atom stereocenters. The van der Waals surface area contributed by atoms with Gasteiger partial charge in [0.15, 0.2) is 0 Å². The Balaban J connectivity index is 2.35. The highest BCUT2D eigenvalue weighted by Gasteiger charge is 2.20. The summed E-state index contributed by atoms with van der Waals surface area (Å²) < 4.78 is 7.03. The first-order valence-corrected chi connectivity index (χ1v) is 5.03. The van der Waals surface area contributed by atoms with Crippen LogP contribution >= 0.6 is 0 Å². The van der Waals surface area contributed by atoms with Crippen molar-refractivity contribution in [2.45, 2.75) is 13.5 Å². The van der Waals surface area contributed by atoms with E-state index < -0.39 is 0 Å². The molecule has 3 nitrogen and oxygen atoms in total. The number of benzene rings is 1. The molecule has 0 fully saturated rings. The minimum Gasteiger partial charge on any atom is -0.459 e. The Bertz CT molecular complexity index is 554. The first-order valence-electron chi connectivity index (χ1n) is 5.03. The number of esters is 1. The van der Waals surface area contributed by atoms with Gasteiger partial charge in [-0.2, -0.15) is 0 Å². The van der Waals surface area contributed by atoms with Gasteiger partial charge < -0.3 is 9.30 Å². The number of carbonyl (C=O) groups is 1. The van der Waals surface area contributed by atoms with E-state index in [9.17, 15) is 4.79 Å². The zero-order valence-corrected chi connectivity index (χ0v) is 8.49. The van der Waals surface area contributed by atoms with E-state index in [0.29, 0.717) is 12.3 Å². The average Bonchev–Trinajstić information content (AvgIpc) is 2.57. The standard InChI is InChI=1S/C12H11NO2/c1-8-2-3-10-9(6-8)7-11-12(14)15-5-4-13(10)11/h2-3,6-7H,4-5H2,1H3. The molecule has 1 aromatic carbocycles. The highest BCUT2D eigenvalue weighted by atomic mass is 16.5. The molecule has 0 saturated carbocycles. The molecule has 0 unspecified atom stereocenters. The summed E-state index contributed by atoms with van der Waals surface area (Å²) in [5.74, 6) is -0.213. The summed E-state index contributed by atoms with van der Waals surface area (Å²) >= 11 is 0. The van der Waals surface area contributed by atoms with Gasteiger partial charge in [-0.3, -0.25) is 0 Å². The summed E-state index contributed by atoms with van der Waals surface area (Å²) in [5.41, 5.74) is 2.99. The Hall–Kier alpha value is -1.77. The third kappa shape index (κ3) is 1.16. The summed E-state index contributed by atoms with van der Waals surface area (Å²) in [4.78, 5) is 11.5. The van der Waals surface area contributed by atoms with E-state index in [4.69, 9.17) is 4.74 Å². The first-order chi connectivity index (χ1) is 7.25. The molecule has 0 aliphatic carbocycles. The van der Waals surface area contributed by atoms with Crippen LogP contribution in [0.3, 0.4) is 0 Å². The normalized spacial score (nSPS) is 15.1. The van der Waals surface area contributed by atoms with Crippen molar-refractivity contribution in [2.75, 3.05) is 6.61 Å². The fraction of sp³-hybridized carbons (Fsp3) is 0.250. The fourth-order valence-corrected chi connectivity index (χ4v) is 2.10. The minimum atomic E-state index is -0.213. The highest BCUT2D eigenvalue weighted by Crippen LogP contribution is 2.23. The molecule has 0 N–H and O–H groups in total. The zero-order chi connectivity index (χ0) is 10.4. The minimum absolute atomic E-state index is 0.213. The number of aryl methyl sites for hydroxylation is 1. The number of aromatic nitrogens is 1.